The van der Waals surface area contributed by atoms with Gasteiger partial charge in [0.15, 0.2) is 0 Å². The number of amidine groups is 2. The normalized spacial score (nSPS) is 16.4. The van der Waals surface area contributed by atoms with E-state index in [0.29, 0.717) is 11.1 Å². The number of allylic oxidation sites excluding steroid dienone is 12. The Morgan fingerprint density at radius 1 is 0.293 bits per heavy atom. The molecule has 0 amide bonds. The van der Waals surface area contributed by atoms with Gasteiger partial charge >= 0.3 is 185 Å². The minimum absolute atomic E-state index is 0. The van der Waals surface area contributed by atoms with Gasteiger partial charge in [-0.3, -0.25) is 38.7 Å². The Morgan fingerprint density at radius 3 is 0.526 bits per heavy atom. The van der Waals surface area contributed by atoms with Gasteiger partial charge in [-0.05, 0) is 115 Å². The summed E-state index contributed by atoms with van der Waals surface area (Å²) in [5.74, 6) is -33.7. The van der Waals surface area contributed by atoms with Crippen LogP contribution in [0.4, 0.5) is 158 Å². The first-order valence-electron chi connectivity index (χ1n) is 27.0. The van der Waals surface area contributed by atoms with Crippen LogP contribution in [-0.4, -0.2) is 172 Å². The summed E-state index contributed by atoms with van der Waals surface area (Å²) in [5.41, 5.74) is -2.15. The molecule has 0 saturated heterocycles. The third-order valence-corrected chi connectivity index (χ3v) is 13.5. The fourth-order valence-electron chi connectivity index (χ4n) is 5.45. The van der Waals surface area contributed by atoms with E-state index < -0.39 is 202 Å². The molecular weight excluding hydrogens is 2140 g/mol. The zero-order valence-electron chi connectivity index (χ0n) is 56.3. The number of alkyl halides is 36. The smallest absolute Gasteiger partial charge is 0.869 e. The maximum absolute atomic E-state index is 12.4. The van der Waals surface area contributed by atoms with E-state index in [1.54, 1.807) is 79.9 Å². The summed E-state index contributed by atoms with van der Waals surface area (Å²) in [4.78, 5) is 91.6. The van der Waals surface area contributed by atoms with Crippen LogP contribution in [0.5, 0.6) is 0 Å². The van der Waals surface area contributed by atoms with Gasteiger partial charge < -0.3 is 41.1 Å². The molecule has 2 aromatic rings. The Labute approximate surface area is 717 Å². The average molecular weight is 2170 g/mol. The Balaban J connectivity index is -0.000000299. The van der Waals surface area contributed by atoms with Crippen molar-refractivity contribution in [3.8, 4) is 0 Å². The molecule has 4 heterocycles. The first-order chi connectivity index (χ1) is 49.7. The van der Waals surface area contributed by atoms with Crippen LogP contribution >= 0.6 is 31.9 Å². The molecule has 116 heavy (non-hydrogen) atoms. The molecule has 0 aromatic carbocycles. The van der Waals surface area contributed by atoms with Crippen molar-refractivity contribution >= 4 is 78.2 Å². The average Bonchev–Trinajstić information content (AvgIpc) is 1.58. The zero-order valence-corrected chi connectivity index (χ0v) is 64.3. The second kappa shape index (κ2) is 43.5. The summed E-state index contributed by atoms with van der Waals surface area (Å²) in [6.07, 6.45) is -65.4. The molecule has 658 valence electrons. The fraction of sp³-hybridized carbons (Fsp3) is 0.444. The molecule has 2 radical (unpaired) electrons. The quantitative estimate of drug-likeness (QED) is 0.0779. The van der Waals surface area contributed by atoms with E-state index >= 15 is 0 Å². The van der Waals surface area contributed by atoms with Crippen molar-refractivity contribution in [2.45, 2.75) is 152 Å². The van der Waals surface area contributed by atoms with Gasteiger partial charge in [0.25, 0.3) is 45.8 Å². The van der Waals surface area contributed by atoms with Crippen LogP contribution in [0.15, 0.2) is 117 Å². The second-order valence-corrected chi connectivity index (χ2v) is 23.9. The standard InChI is InChI=1S/2C12H15BrN3O2.6C5H2F6O2.2Eu/c2*1-11(2)12(3,4)16(18)10(15(11)17)8-5-9(13)7-14-6-8;6*6-4(7,8)2(12)1-3(13)5(9,10)11;;/h2*5-7H,1-4H3;6*1,12H;;/q2*+1;;;;;;;2*+2/p-6/b;;6*2-1-;;. The molecule has 0 bridgehead atoms. The summed E-state index contributed by atoms with van der Waals surface area (Å²) in [5, 5.41) is 83.6. The molecule has 0 aliphatic carbocycles. The van der Waals surface area contributed by atoms with Crippen LogP contribution < -0.4 is 30.6 Å². The number of nitrogens with zero attached hydrogens (tertiary/aromatic N) is 6. The Morgan fingerprint density at radius 2 is 0.431 bits per heavy atom. The van der Waals surface area contributed by atoms with Crippen molar-refractivity contribution in [1.82, 2.24) is 9.97 Å². The van der Waals surface area contributed by atoms with Crippen LogP contribution in [0, 0.1) is 119 Å². The Kier molecular flexibility index (Phi) is 45.1. The molecule has 22 nitrogen and oxygen atoms in total. The molecule has 0 fully saturated rings. The van der Waals surface area contributed by atoms with Crippen molar-refractivity contribution < 1.29 is 335 Å². The van der Waals surface area contributed by atoms with Crippen molar-refractivity contribution in [2.75, 3.05) is 0 Å². The number of hydrogen-bond donors (Lipinski definition) is 0. The molecule has 0 spiro atoms. The third-order valence-electron chi connectivity index (χ3n) is 12.6. The van der Waals surface area contributed by atoms with Gasteiger partial charge in [-0.2, -0.15) is 158 Å². The monoisotopic (exact) mass is 2170 g/mol. The van der Waals surface area contributed by atoms with Crippen molar-refractivity contribution in [1.29, 1.82) is 0 Å². The summed E-state index contributed by atoms with van der Waals surface area (Å²) in [6, 6.07) is 3.44. The molecule has 2 aromatic heterocycles. The minimum atomic E-state index is -5.46. The molecule has 0 unspecified atom stereocenters. The van der Waals surface area contributed by atoms with Crippen LogP contribution in [0.25, 0.3) is 0 Å². The SMILES string of the molecule is CC1(C)[N+](=O)C(c2cncc(Br)c2)=[N+]([O-])C1(C)C.CC1(C)[N+](=O)C(c2cncc(Br)c2)=[N+]([O-])C1(C)C.O=C(/C=C(\[O-])C(F)(F)F)C(F)(F)F.O=C(/C=C(\[O-])C(F)(F)F)C(F)(F)F.O=C(/C=C(\[O-])C(F)(F)F)C(F)(F)F.O=C(/C=C(\[O-])C(F)(F)F)C(F)(F)F.O=C(/C=C(\[O-])C(F)(F)F)C(F)(F)F.O=C(/C=C(\[O-])C(F)(F)F)C(F)(F)F.[Eu+2].[Eu+2]. The molecule has 4 rings (SSSR count). The van der Waals surface area contributed by atoms with Crippen LogP contribution in [0.1, 0.15) is 66.5 Å². The van der Waals surface area contributed by atoms with Gasteiger partial charge in [-0.1, -0.05) is 0 Å². The minimum Gasteiger partial charge on any atom is -0.869 e. The van der Waals surface area contributed by atoms with Gasteiger partial charge in [0.05, 0.1) is 0 Å². The van der Waals surface area contributed by atoms with Crippen molar-refractivity contribution in [2.24, 2.45) is 0 Å². The first-order valence-corrected chi connectivity index (χ1v) is 28.5. The van der Waals surface area contributed by atoms with Gasteiger partial charge in [0, 0.05) is 98.9 Å². The van der Waals surface area contributed by atoms with Crippen LogP contribution in [-0.2, 0) is 28.8 Å². The number of pyridine rings is 2. The van der Waals surface area contributed by atoms with E-state index in [9.17, 15) is 238 Å². The van der Waals surface area contributed by atoms with E-state index in [4.69, 9.17) is 0 Å². The number of rotatable bonds is 8. The van der Waals surface area contributed by atoms with Gasteiger partial charge in [-0.15, -0.1) is 9.48 Å². The summed E-state index contributed by atoms with van der Waals surface area (Å²) in [6.45, 7) is 14.1. The zero-order chi connectivity index (χ0) is 92.6. The predicted octanol–water partition coefficient (Wildman–Crippen LogP) is 10.4. The van der Waals surface area contributed by atoms with E-state index in [-0.39, 0.29) is 110 Å². The molecule has 0 atom stereocenters. The summed E-state index contributed by atoms with van der Waals surface area (Å²) >= 11 is 6.58. The van der Waals surface area contributed by atoms with E-state index in [1.165, 1.54) is 12.4 Å². The summed E-state index contributed by atoms with van der Waals surface area (Å²) in [7, 11) is 0. The number of aromatic nitrogens is 2. The first kappa shape index (κ1) is 120. The fourth-order valence-corrected chi connectivity index (χ4v) is 6.18. The second-order valence-electron chi connectivity index (χ2n) is 22.1. The van der Waals surface area contributed by atoms with E-state index in [2.05, 4.69) is 41.8 Å². The third kappa shape index (κ3) is 39.5. The van der Waals surface area contributed by atoms with E-state index in [1.807, 2.05) is 0 Å². The Hall–Kier alpha value is -6.69. The van der Waals surface area contributed by atoms with Crippen molar-refractivity contribution in [3.63, 3.8) is 0 Å². The molecule has 2 aliphatic rings. The number of nitroso groups, excluding NO2 is 2. The van der Waals surface area contributed by atoms with Crippen molar-refractivity contribution in [3.05, 3.63) is 148 Å². The number of hydrogen-bond acceptors (Lipinski definition) is 18. The largest absolute Gasteiger partial charge is 2.00 e. The number of ketones is 6. The molecule has 62 heteroatoms. The number of carbonyl (C=O) groups is 6. The molecule has 2 aliphatic heterocycles. The predicted molar refractivity (Wildman–Crippen MR) is 294 cm³/mol. The topological polar surface area (TPSA) is 359 Å². The number of halogens is 38. The van der Waals surface area contributed by atoms with Gasteiger partial charge in [0.2, 0.25) is 11.1 Å². The number of hydroxylamine groups is 2. The Bertz CT molecular complexity index is 3590. The molecule has 0 N–H and O–H groups in total. The van der Waals surface area contributed by atoms with Crippen LogP contribution in [0.3, 0.4) is 0 Å². The maximum atomic E-state index is 12.4. The summed E-state index contributed by atoms with van der Waals surface area (Å²) < 4.78 is 411. The van der Waals surface area contributed by atoms with Gasteiger partial charge in [0.1, 0.15) is 20.6 Å². The number of carbonyl (C=O) groups excluding carboxylic acids is 6. The van der Waals surface area contributed by atoms with E-state index in [0.717, 1.165) is 27.9 Å². The maximum Gasteiger partial charge on any atom is 2.00 e. The van der Waals surface area contributed by atoms with Gasteiger partial charge in [-0.25, -0.2) is 0 Å². The molecule has 0 saturated carbocycles. The van der Waals surface area contributed by atoms with Crippen LogP contribution in [0.2, 0.25) is 0 Å². The molecular formula is C54H36Br2Eu2F36N6O16.